The molecule has 0 aliphatic rings. The molecule has 3 nitrogen and oxygen atoms in total. The number of hydrogen-bond acceptors (Lipinski definition) is 3. The lowest BCUT2D eigenvalue weighted by atomic mass is 10.1. The normalized spacial score (nSPS) is 10.8. The molecular weight excluding hydrogens is 248 g/mol. The Morgan fingerprint density at radius 2 is 1.95 bits per heavy atom. The second kappa shape index (κ2) is 7.06. The molecule has 0 aliphatic carbocycles. The van der Waals surface area contributed by atoms with Crippen molar-refractivity contribution >= 4 is 0 Å². The molecule has 2 aromatic rings. The van der Waals surface area contributed by atoms with Gasteiger partial charge in [-0.05, 0) is 30.2 Å². The largest absolute Gasteiger partial charge is 0.487 e. The smallest absolute Gasteiger partial charge is 0.138 e. The first-order chi connectivity index (χ1) is 9.63. The predicted octanol–water partition coefficient (Wildman–Crippen LogP) is 3.47. The highest BCUT2D eigenvalue weighted by Gasteiger charge is 2.00. The number of hydrogen-bond donors (Lipinski definition) is 1. The van der Waals surface area contributed by atoms with Crippen LogP contribution in [0, 0.1) is 6.92 Å². The molecule has 1 N–H and O–H groups in total. The molecule has 2 rings (SSSR count). The molecule has 0 saturated heterocycles. The van der Waals surface area contributed by atoms with Gasteiger partial charge in [0.1, 0.15) is 12.4 Å². The van der Waals surface area contributed by atoms with Crippen molar-refractivity contribution < 1.29 is 4.74 Å². The molecule has 20 heavy (non-hydrogen) atoms. The number of rotatable bonds is 6. The first-order valence-corrected chi connectivity index (χ1v) is 7.00. The molecule has 0 fully saturated rings. The molecule has 0 atom stereocenters. The van der Waals surface area contributed by atoms with Crippen LogP contribution in [0.15, 0.2) is 42.6 Å². The minimum atomic E-state index is 0.494. The second-order valence-electron chi connectivity index (χ2n) is 5.28. The summed E-state index contributed by atoms with van der Waals surface area (Å²) in [7, 11) is 0. The van der Waals surface area contributed by atoms with Crippen molar-refractivity contribution in [2.24, 2.45) is 0 Å². The van der Waals surface area contributed by atoms with Crippen LogP contribution in [0.1, 0.15) is 30.7 Å². The summed E-state index contributed by atoms with van der Waals surface area (Å²) < 4.78 is 5.74. The number of benzene rings is 1. The van der Waals surface area contributed by atoms with E-state index in [4.69, 9.17) is 4.74 Å². The van der Waals surface area contributed by atoms with Crippen LogP contribution in [0.4, 0.5) is 0 Å². The van der Waals surface area contributed by atoms with Gasteiger partial charge in [-0.1, -0.05) is 38.1 Å². The summed E-state index contributed by atoms with van der Waals surface area (Å²) in [6.45, 7) is 7.72. The summed E-state index contributed by atoms with van der Waals surface area (Å²) in [6, 6.07) is 12.9. The maximum Gasteiger partial charge on any atom is 0.138 e. The summed E-state index contributed by atoms with van der Waals surface area (Å²) in [5, 5.41) is 3.42. The monoisotopic (exact) mass is 270 g/mol. The molecule has 0 unspecified atom stereocenters. The molecule has 0 bridgehead atoms. The maximum atomic E-state index is 5.74. The van der Waals surface area contributed by atoms with Crippen LogP contribution in [-0.2, 0) is 13.2 Å². The number of pyridine rings is 1. The Bertz CT molecular complexity index is 535. The first kappa shape index (κ1) is 14.5. The van der Waals surface area contributed by atoms with Crippen LogP contribution in [0.25, 0.3) is 0 Å². The van der Waals surface area contributed by atoms with Gasteiger partial charge in [-0.25, -0.2) is 0 Å². The SMILES string of the molecule is Cc1ccc(OCc2cccc(CNC(C)C)c2)cn1. The zero-order chi connectivity index (χ0) is 14.4. The van der Waals surface area contributed by atoms with Gasteiger partial charge in [-0.3, -0.25) is 4.98 Å². The van der Waals surface area contributed by atoms with Crippen molar-refractivity contribution in [2.75, 3.05) is 0 Å². The molecule has 0 amide bonds. The Morgan fingerprint density at radius 3 is 2.65 bits per heavy atom. The van der Waals surface area contributed by atoms with Crippen LogP contribution in [0.3, 0.4) is 0 Å². The van der Waals surface area contributed by atoms with Crippen molar-refractivity contribution in [3.05, 3.63) is 59.4 Å². The fourth-order valence-corrected chi connectivity index (χ4v) is 1.86. The van der Waals surface area contributed by atoms with E-state index in [1.54, 1.807) is 6.20 Å². The maximum absolute atomic E-state index is 5.74. The molecule has 0 saturated carbocycles. The van der Waals surface area contributed by atoms with Crippen molar-refractivity contribution in [3.63, 3.8) is 0 Å². The van der Waals surface area contributed by atoms with E-state index < -0.39 is 0 Å². The highest BCUT2D eigenvalue weighted by atomic mass is 16.5. The van der Waals surface area contributed by atoms with E-state index in [9.17, 15) is 0 Å². The van der Waals surface area contributed by atoms with Gasteiger partial charge in [0.25, 0.3) is 0 Å². The van der Waals surface area contributed by atoms with Crippen LogP contribution >= 0.6 is 0 Å². The summed E-state index contributed by atoms with van der Waals surface area (Å²) in [6.07, 6.45) is 1.76. The number of nitrogens with zero attached hydrogens (tertiary/aromatic N) is 1. The van der Waals surface area contributed by atoms with Crippen molar-refractivity contribution in [3.8, 4) is 5.75 Å². The molecule has 1 aromatic carbocycles. The summed E-state index contributed by atoms with van der Waals surface area (Å²) in [5.74, 6) is 0.807. The van der Waals surface area contributed by atoms with Crippen molar-refractivity contribution in [2.45, 2.75) is 40.0 Å². The first-order valence-electron chi connectivity index (χ1n) is 7.00. The highest BCUT2D eigenvalue weighted by molar-refractivity contribution is 5.24. The molecule has 0 aliphatic heterocycles. The number of aromatic nitrogens is 1. The van der Waals surface area contributed by atoms with E-state index >= 15 is 0 Å². The Labute approximate surface area is 121 Å². The van der Waals surface area contributed by atoms with E-state index in [0.717, 1.165) is 18.0 Å². The quantitative estimate of drug-likeness (QED) is 0.872. The molecule has 1 aromatic heterocycles. The van der Waals surface area contributed by atoms with Crippen LogP contribution in [0.2, 0.25) is 0 Å². The average Bonchev–Trinajstić information content (AvgIpc) is 2.45. The van der Waals surface area contributed by atoms with Gasteiger partial charge < -0.3 is 10.1 Å². The Kier molecular flexibility index (Phi) is 5.13. The van der Waals surface area contributed by atoms with Crippen LogP contribution < -0.4 is 10.1 Å². The lowest BCUT2D eigenvalue weighted by Crippen LogP contribution is -2.21. The summed E-state index contributed by atoms with van der Waals surface area (Å²) in [4.78, 5) is 4.22. The molecule has 0 spiro atoms. The molecule has 3 heteroatoms. The Balaban J connectivity index is 1.92. The summed E-state index contributed by atoms with van der Waals surface area (Å²) >= 11 is 0. The standard InChI is InChI=1S/C17H22N2O/c1-13(2)18-10-15-5-4-6-16(9-15)12-20-17-8-7-14(3)19-11-17/h4-9,11,13,18H,10,12H2,1-3H3. The highest BCUT2D eigenvalue weighted by Crippen LogP contribution is 2.12. The average molecular weight is 270 g/mol. The van der Waals surface area contributed by atoms with Crippen molar-refractivity contribution in [1.82, 2.24) is 10.3 Å². The van der Waals surface area contributed by atoms with Gasteiger partial charge in [0.05, 0.1) is 6.20 Å². The van der Waals surface area contributed by atoms with Crippen LogP contribution in [0.5, 0.6) is 5.75 Å². The van der Waals surface area contributed by atoms with Gasteiger partial charge in [-0.15, -0.1) is 0 Å². The third-order valence-electron chi connectivity index (χ3n) is 3.00. The third-order valence-corrected chi connectivity index (χ3v) is 3.00. The lowest BCUT2D eigenvalue weighted by Gasteiger charge is -2.10. The minimum absolute atomic E-state index is 0.494. The predicted molar refractivity (Wildman–Crippen MR) is 81.7 cm³/mol. The van der Waals surface area contributed by atoms with Gasteiger partial charge in [0.15, 0.2) is 0 Å². The zero-order valence-electron chi connectivity index (χ0n) is 12.4. The van der Waals surface area contributed by atoms with Gasteiger partial charge >= 0.3 is 0 Å². The number of nitrogens with one attached hydrogen (secondary N) is 1. The van der Waals surface area contributed by atoms with Gasteiger partial charge in [0, 0.05) is 18.3 Å². The fourth-order valence-electron chi connectivity index (χ4n) is 1.86. The van der Waals surface area contributed by atoms with Crippen LogP contribution in [-0.4, -0.2) is 11.0 Å². The lowest BCUT2D eigenvalue weighted by molar-refractivity contribution is 0.304. The van der Waals surface area contributed by atoms with Gasteiger partial charge in [-0.2, -0.15) is 0 Å². The van der Waals surface area contributed by atoms with E-state index in [1.165, 1.54) is 11.1 Å². The Morgan fingerprint density at radius 1 is 1.15 bits per heavy atom. The zero-order valence-corrected chi connectivity index (χ0v) is 12.4. The van der Waals surface area contributed by atoms with E-state index in [2.05, 4.69) is 48.4 Å². The Hall–Kier alpha value is -1.87. The number of aryl methyl sites for hydroxylation is 1. The van der Waals surface area contributed by atoms with E-state index in [1.807, 2.05) is 19.1 Å². The van der Waals surface area contributed by atoms with Crippen molar-refractivity contribution in [1.29, 1.82) is 0 Å². The summed E-state index contributed by atoms with van der Waals surface area (Å²) in [5.41, 5.74) is 3.45. The number of ether oxygens (including phenoxy) is 1. The topological polar surface area (TPSA) is 34.1 Å². The molecule has 0 radical (unpaired) electrons. The molecule has 1 heterocycles. The third kappa shape index (κ3) is 4.67. The van der Waals surface area contributed by atoms with E-state index in [-0.39, 0.29) is 0 Å². The van der Waals surface area contributed by atoms with E-state index in [0.29, 0.717) is 12.6 Å². The molecular formula is C17H22N2O. The van der Waals surface area contributed by atoms with Gasteiger partial charge in [0.2, 0.25) is 0 Å². The molecule has 106 valence electrons. The minimum Gasteiger partial charge on any atom is -0.487 e. The second-order valence-corrected chi connectivity index (χ2v) is 5.28. The fraction of sp³-hybridized carbons (Fsp3) is 0.353.